The van der Waals surface area contributed by atoms with Gasteiger partial charge in [0.1, 0.15) is 12.0 Å². The number of rotatable bonds is 2. The molecule has 0 radical (unpaired) electrons. The SMILES string of the molecule is CCON1CC=Cc2ncncc21. The molecule has 0 saturated carbocycles. The first-order valence-corrected chi connectivity index (χ1v) is 4.29. The summed E-state index contributed by atoms with van der Waals surface area (Å²) in [5.74, 6) is 0. The molecule has 0 bridgehead atoms. The van der Waals surface area contributed by atoms with Crippen LogP contribution in [0.2, 0.25) is 0 Å². The van der Waals surface area contributed by atoms with Crippen LogP contribution in [0.4, 0.5) is 5.69 Å². The summed E-state index contributed by atoms with van der Waals surface area (Å²) in [7, 11) is 0. The first-order valence-electron chi connectivity index (χ1n) is 4.29. The first kappa shape index (κ1) is 8.19. The average molecular weight is 177 g/mol. The molecule has 0 saturated heterocycles. The number of fused-ring (bicyclic) bond motifs is 1. The van der Waals surface area contributed by atoms with Crippen LogP contribution in [0.15, 0.2) is 18.6 Å². The Kier molecular flexibility index (Phi) is 2.23. The van der Waals surface area contributed by atoms with E-state index in [9.17, 15) is 0 Å². The second-order valence-electron chi connectivity index (χ2n) is 2.67. The largest absolute Gasteiger partial charge is 0.273 e. The highest BCUT2D eigenvalue weighted by Crippen LogP contribution is 2.22. The number of anilines is 1. The van der Waals surface area contributed by atoms with Crippen LogP contribution in [0, 0.1) is 0 Å². The fourth-order valence-corrected chi connectivity index (χ4v) is 1.29. The Morgan fingerprint density at radius 2 is 2.54 bits per heavy atom. The highest BCUT2D eigenvalue weighted by molar-refractivity contribution is 5.65. The van der Waals surface area contributed by atoms with E-state index in [-0.39, 0.29) is 0 Å². The molecule has 2 heterocycles. The third-order valence-electron chi connectivity index (χ3n) is 1.82. The Hall–Kier alpha value is -1.42. The summed E-state index contributed by atoms with van der Waals surface area (Å²) < 4.78 is 0. The van der Waals surface area contributed by atoms with E-state index in [1.165, 1.54) is 0 Å². The number of nitrogens with zero attached hydrogens (tertiary/aromatic N) is 3. The molecule has 68 valence electrons. The maximum absolute atomic E-state index is 5.41. The number of hydroxylamine groups is 1. The van der Waals surface area contributed by atoms with Crippen LogP contribution >= 0.6 is 0 Å². The molecule has 0 unspecified atom stereocenters. The maximum Gasteiger partial charge on any atom is 0.116 e. The van der Waals surface area contributed by atoms with Gasteiger partial charge in [-0.05, 0) is 13.0 Å². The Morgan fingerprint density at radius 3 is 3.38 bits per heavy atom. The Labute approximate surface area is 76.8 Å². The summed E-state index contributed by atoms with van der Waals surface area (Å²) in [5.41, 5.74) is 1.85. The third-order valence-corrected chi connectivity index (χ3v) is 1.82. The highest BCUT2D eigenvalue weighted by atomic mass is 16.7. The van der Waals surface area contributed by atoms with Crippen molar-refractivity contribution in [3.8, 4) is 0 Å². The predicted molar refractivity (Wildman–Crippen MR) is 50.0 cm³/mol. The second kappa shape index (κ2) is 3.53. The van der Waals surface area contributed by atoms with Gasteiger partial charge in [-0.3, -0.25) is 4.84 Å². The van der Waals surface area contributed by atoms with Gasteiger partial charge in [0.05, 0.1) is 25.0 Å². The Morgan fingerprint density at radius 1 is 1.62 bits per heavy atom. The van der Waals surface area contributed by atoms with Crippen LogP contribution in [0.3, 0.4) is 0 Å². The lowest BCUT2D eigenvalue weighted by molar-refractivity contribution is 0.125. The molecule has 1 aromatic rings. The molecule has 1 aliphatic heterocycles. The van der Waals surface area contributed by atoms with Crippen molar-refractivity contribution >= 4 is 11.8 Å². The Bertz CT molecular complexity index is 324. The van der Waals surface area contributed by atoms with Gasteiger partial charge < -0.3 is 0 Å². The van der Waals surface area contributed by atoms with Crippen molar-refractivity contribution < 1.29 is 4.84 Å². The molecular formula is C9H11N3O. The molecule has 0 atom stereocenters. The molecule has 0 aromatic carbocycles. The van der Waals surface area contributed by atoms with E-state index in [4.69, 9.17) is 4.84 Å². The van der Waals surface area contributed by atoms with E-state index < -0.39 is 0 Å². The van der Waals surface area contributed by atoms with Crippen molar-refractivity contribution in [3.63, 3.8) is 0 Å². The van der Waals surface area contributed by atoms with Crippen LogP contribution in [0.5, 0.6) is 0 Å². The normalized spacial score (nSPS) is 14.4. The van der Waals surface area contributed by atoms with Crippen LogP contribution in [0.1, 0.15) is 12.6 Å². The molecule has 1 aliphatic rings. The van der Waals surface area contributed by atoms with Gasteiger partial charge in [0, 0.05) is 0 Å². The zero-order chi connectivity index (χ0) is 9.10. The lowest BCUT2D eigenvalue weighted by Gasteiger charge is -2.24. The van der Waals surface area contributed by atoms with Crippen molar-refractivity contribution in [2.24, 2.45) is 0 Å². The average Bonchev–Trinajstić information content (AvgIpc) is 2.19. The third kappa shape index (κ3) is 1.53. The number of hydrogen-bond acceptors (Lipinski definition) is 4. The highest BCUT2D eigenvalue weighted by Gasteiger charge is 2.13. The number of aromatic nitrogens is 2. The van der Waals surface area contributed by atoms with Crippen molar-refractivity contribution in [1.29, 1.82) is 0 Å². The second-order valence-corrected chi connectivity index (χ2v) is 2.67. The van der Waals surface area contributed by atoms with Crippen LogP contribution in [-0.4, -0.2) is 23.1 Å². The molecule has 0 spiro atoms. The van der Waals surface area contributed by atoms with Crippen molar-refractivity contribution in [2.75, 3.05) is 18.2 Å². The zero-order valence-electron chi connectivity index (χ0n) is 7.47. The van der Waals surface area contributed by atoms with Gasteiger partial charge in [-0.1, -0.05) is 6.08 Å². The predicted octanol–water partition coefficient (Wildman–Crippen LogP) is 1.26. The van der Waals surface area contributed by atoms with Crippen molar-refractivity contribution in [1.82, 2.24) is 9.97 Å². The smallest absolute Gasteiger partial charge is 0.116 e. The molecule has 4 heteroatoms. The topological polar surface area (TPSA) is 38.2 Å². The van der Waals surface area contributed by atoms with Crippen LogP contribution in [0.25, 0.3) is 6.08 Å². The van der Waals surface area contributed by atoms with Gasteiger partial charge in [-0.2, -0.15) is 0 Å². The number of hydrogen-bond donors (Lipinski definition) is 0. The van der Waals surface area contributed by atoms with E-state index in [1.807, 2.05) is 19.1 Å². The zero-order valence-corrected chi connectivity index (χ0v) is 7.47. The lowest BCUT2D eigenvalue weighted by Crippen LogP contribution is -2.26. The molecule has 1 aromatic heterocycles. The summed E-state index contributed by atoms with van der Waals surface area (Å²) >= 11 is 0. The summed E-state index contributed by atoms with van der Waals surface area (Å²) in [6, 6.07) is 0. The quantitative estimate of drug-likeness (QED) is 0.681. The van der Waals surface area contributed by atoms with Crippen LogP contribution < -0.4 is 5.06 Å². The summed E-state index contributed by atoms with van der Waals surface area (Å²) in [4.78, 5) is 13.5. The molecule has 2 rings (SSSR count). The van der Waals surface area contributed by atoms with Gasteiger partial charge >= 0.3 is 0 Å². The van der Waals surface area contributed by atoms with Crippen molar-refractivity contribution in [3.05, 3.63) is 24.3 Å². The van der Waals surface area contributed by atoms with E-state index in [0.29, 0.717) is 6.61 Å². The van der Waals surface area contributed by atoms with E-state index in [1.54, 1.807) is 17.6 Å². The summed E-state index contributed by atoms with van der Waals surface area (Å²) in [6.07, 6.45) is 7.30. The van der Waals surface area contributed by atoms with Gasteiger partial charge in [0.15, 0.2) is 0 Å². The lowest BCUT2D eigenvalue weighted by atomic mass is 10.2. The summed E-state index contributed by atoms with van der Waals surface area (Å²) in [5, 5.41) is 1.80. The van der Waals surface area contributed by atoms with Gasteiger partial charge in [0.2, 0.25) is 0 Å². The fraction of sp³-hybridized carbons (Fsp3) is 0.333. The standard InChI is InChI=1S/C9H11N3O/c1-2-13-12-5-3-4-8-9(12)6-10-7-11-8/h3-4,6-7H,2,5H2,1H3. The first-order chi connectivity index (χ1) is 6.42. The van der Waals surface area contributed by atoms with E-state index in [0.717, 1.165) is 17.9 Å². The monoisotopic (exact) mass is 177 g/mol. The minimum atomic E-state index is 0.655. The van der Waals surface area contributed by atoms with Crippen molar-refractivity contribution in [2.45, 2.75) is 6.92 Å². The summed E-state index contributed by atoms with van der Waals surface area (Å²) in [6.45, 7) is 3.37. The minimum Gasteiger partial charge on any atom is -0.273 e. The molecule has 0 amide bonds. The van der Waals surface area contributed by atoms with Gasteiger partial charge in [-0.15, -0.1) is 0 Å². The van der Waals surface area contributed by atoms with Gasteiger partial charge in [0.25, 0.3) is 0 Å². The van der Waals surface area contributed by atoms with Crippen LogP contribution in [-0.2, 0) is 4.84 Å². The molecule has 4 nitrogen and oxygen atoms in total. The fourth-order valence-electron chi connectivity index (χ4n) is 1.29. The molecule has 0 N–H and O–H groups in total. The van der Waals surface area contributed by atoms with E-state index >= 15 is 0 Å². The molecule has 0 aliphatic carbocycles. The van der Waals surface area contributed by atoms with Gasteiger partial charge in [-0.25, -0.2) is 15.0 Å². The maximum atomic E-state index is 5.41. The molecular weight excluding hydrogens is 166 g/mol. The molecule has 0 fully saturated rings. The minimum absolute atomic E-state index is 0.655. The van der Waals surface area contributed by atoms with E-state index in [2.05, 4.69) is 9.97 Å². The molecule has 13 heavy (non-hydrogen) atoms. The Balaban J connectivity index is 2.32.